The van der Waals surface area contributed by atoms with Crippen LogP contribution in [0, 0.1) is 0 Å². The number of hydrogen-bond donors (Lipinski definition) is 1. The first-order valence-corrected chi connectivity index (χ1v) is 5.14. The molecule has 1 fully saturated rings. The van der Waals surface area contributed by atoms with Crippen LogP contribution >= 0.6 is 0 Å². The van der Waals surface area contributed by atoms with E-state index in [0.717, 1.165) is 19.4 Å². The van der Waals surface area contributed by atoms with E-state index in [-0.39, 0.29) is 12.2 Å². The van der Waals surface area contributed by atoms with Crippen LogP contribution in [-0.2, 0) is 4.74 Å². The van der Waals surface area contributed by atoms with Gasteiger partial charge in [-0.25, -0.2) is 0 Å². The van der Waals surface area contributed by atoms with Crippen LogP contribution in [0.25, 0.3) is 0 Å². The second-order valence-electron chi connectivity index (χ2n) is 3.64. The number of rotatable bonds is 7. The summed E-state index contributed by atoms with van der Waals surface area (Å²) in [5, 5.41) is 9.42. The first-order chi connectivity index (χ1) is 5.84. The summed E-state index contributed by atoms with van der Waals surface area (Å²) >= 11 is 0. The van der Waals surface area contributed by atoms with Crippen LogP contribution in [0.2, 0.25) is 0 Å². The van der Waals surface area contributed by atoms with E-state index in [2.05, 4.69) is 6.92 Å². The molecule has 0 bridgehead atoms. The van der Waals surface area contributed by atoms with Crippen molar-refractivity contribution in [3.05, 3.63) is 0 Å². The second kappa shape index (κ2) is 5.55. The van der Waals surface area contributed by atoms with E-state index in [4.69, 9.17) is 4.74 Å². The van der Waals surface area contributed by atoms with Crippen molar-refractivity contribution in [1.82, 2.24) is 0 Å². The third-order valence-electron chi connectivity index (χ3n) is 2.39. The van der Waals surface area contributed by atoms with Crippen molar-refractivity contribution in [3.63, 3.8) is 0 Å². The highest BCUT2D eigenvalue weighted by molar-refractivity contribution is 4.77. The van der Waals surface area contributed by atoms with Gasteiger partial charge in [0.15, 0.2) is 0 Å². The van der Waals surface area contributed by atoms with Crippen LogP contribution < -0.4 is 0 Å². The third kappa shape index (κ3) is 4.07. The highest BCUT2D eigenvalue weighted by atomic mass is 16.6. The standard InChI is InChI=1S/C10H20O2/c1-2-3-4-5-6-7-9(11)10-8-12-10/h9-11H,2-8H2,1H3/t9-,10?/m1/s1. The number of ether oxygens (including phenoxy) is 1. The number of hydrogen-bond acceptors (Lipinski definition) is 2. The Balaban J connectivity index is 1.81. The lowest BCUT2D eigenvalue weighted by Gasteiger charge is -2.05. The van der Waals surface area contributed by atoms with Crippen molar-refractivity contribution in [3.8, 4) is 0 Å². The van der Waals surface area contributed by atoms with Crippen LogP contribution in [0.3, 0.4) is 0 Å². The van der Waals surface area contributed by atoms with Crippen LogP contribution in [0.15, 0.2) is 0 Å². The molecule has 0 radical (unpaired) electrons. The van der Waals surface area contributed by atoms with Crippen LogP contribution in [0.1, 0.15) is 45.4 Å². The van der Waals surface area contributed by atoms with Crippen LogP contribution in [0.5, 0.6) is 0 Å². The second-order valence-corrected chi connectivity index (χ2v) is 3.64. The average molecular weight is 172 g/mol. The monoisotopic (exact) mass is 172 g/mol. The van der Waals surface area contributed by atoms with E-state index < -0.39 is 0 Å². The van der Waals surface area contributed by atoms with Crippen molar-refractivity contribution in [2.75, 3.05) is 6.61 Å². The zero-order chi connectivity index (χ0) is 8.81. The number of unbranched alkanes of at least 4 members (excludes halogenated alkanes) is 4. The van der Waals surface area contributed by atoms with Gasteiger partial charge in [0, 0.05) is 0 Å². The highest BCUT2D eigenvalue weighted by Gasteiger charge is 2.30. The van der Waals surface area contributed by atoms with Gasteiger partial charge in [0.05, 0.1) is 12.7 Å². The van der Waals surface area contributed by atoms with E-state index in [9.17, 15) is 5.11 Å². The van der Waals surface area contributed by atoms with Gasteiger partial charge in [-0.05, 0) is 6.42 Å². The number of aliphatic hydroxyl groups excluding tert-OH is 1. The van der Waals surface area contributed by atoms with Gasteiger partial charge in [-0.1, -0.05) is 39.0 Å². The van der Waals surface area contributed by atoms with Gasteiger partial charge in [0.2, 0.25) is 0 Å². The minimum Gasteiger partial charge on any atom is -0.390 e. The Labute approximate surface area is 74.9 Å². The molecule has 1 heterocycles. The minimum absolute atomic E-state index is 0.177. The van der Waals surface area contributed by atoms with Crippen molar-refractivity contribution in [2.45, 2.75) is 57.7 Å². The van der Waals surface area contributed by atoms with Gasteiger partial charge in [-0.15, -0.1) is 0 Å². The first-order valence-electron chi connectivity index (χ1n) is 5.14. The normalized spacial score (nSPS) is 24.0. The molecule has 2 atom stereocenters. The Morgan fingerprint density at radius 3 is 2.58 bits per heavy atom. The van der Waals surface area contributed by atoms with Crippen LogP contribution in [0.4, 0.5) is 0 Å². The molecule has 12 heavy (non-hydrogen) atoms. The van der Waals surface area contributed by atoms with E-state index in [1.54, 1.807) is 0 Å². The van der Waals surface area contributed by atoms with Gasteiger partial charge in [-0.3, -0.25) is 0 Å². The van der Waals surface area contributed by atoms with E-state index >= 15 is 0 Å². The fourth-order valence-electron chi connectivity index (χ4n) is 1.42. The predicted molar refractivity (Wildman–Crippen MR) is 49.1 cm³/mol. The molecule has 2 nitrogen and oxygen atoms in total. The summed E-state index contributed by atoms with van der Waals surface area (Å²) in [6.45, 7) is 2.99. The van der Waals surface area contributed by atoms with Gasteiger partial charge in [0.1, 0.15) is 6.10 Å². The first kappa shape index (κ1) is 10.0. The summed E-state index contributed by atoms with van der Waals surface area (Å²) < 4.78 is 5.00. The van der Waals surface area contributed by atoms with Crippen molar-refractivity contribution in [1.29, 1.82) is 0 Å². The molecule has 1 aliphatic rings. The van der Waals surface area contributed by atoms with E-state index in [1.165, 1.54) is 25.7 Å². The molecule has 0 spiro atoms. The molecule has 1 aliphatic heterocycles. The molecular formula is C10H20O2. The van der Waals surface area contributed by atoms with Gasteiger partial charge in [0.25, 0.3) is 0 Å². The Hall–Kier alpha value is -0.0800. The highest BCUT2D eigenvalue weighted by Crippen LogP contribution is 2.18. The molecule has 0 aliphatic carbocycles. The lowest BCUT2D eigenvalue weighted by atomic mass is 10.1. The Bertz CT molecular complexity index is 110. The molecule has 0 saturated carbocycles. The maximum atomic E-state index is 9.42. The molecule has 1 rings (SSSR count). The lowest BCUT2D eigenvalue weighted by molar-refractivity contribution is 0.123. The van der Waals surface area contributed by atoms with Gasteiger partial charge < -0.3 is 9.84 Å². The van der Waals surface area contributed by atoms with E-state index in [0.29, 0.717) is 0 Å². The summed E-state index contributed by atoms with van der Waals surface area (Å²) in [4.78, 5) is 0. The Morgan fingerprint density at radius 1 is 1.33 bits per heavy atom. The maximum Gasteiger partial charge on any atom is 0.107 e. The zero-order valence-electron chi connectivity index (χ0n) is 7.96. The SMILES string of the molecule is CCCCCCC[C@@H](O)C1CO1. The smallest absolute Gasteiger partial charge is 0.107 e. The summed E-state index contributed by atoms with van der Waals surface area (Å²) in [5.74, 6) is 0. The van der Waals surface area contributed by atoms with Crippen molar-refractivity contribution < 1.29 is 9.84 Å². The third-order valence-corrected chi connectivity index (χ3v) is 2.39. The van der Waals surface area contributed by atoms with Gasteiger partial charge in [-0.2, -0.15) is 0 Å². The summed E-state index contributed by atoms with van der Waals surface area (Å²) in [5.41, 5.74) is 0. The molecule has 72 valence electrons. The molecule has 0 amide bonds. The molecular weight excluding hydrogens is 152 g/mol. The lowest BCUT2D eigenvalue weighted by Crippen LogP contribution is -2.13. The summed E-state index contributed by atoms with van der Waals surface area (Å²) in [6, 6.07) is 0. The molecule has 1 unspecified atom stereocenters. The topological polar surface area (TPSA) is 32.8 Å². The molecule has 2 heteroatoms. The molecule has 0 aromatic rings. The fraction of sp³-hybridized carbons (Fsp3) is 1.00. The largest absolute Gasteiger partial charge is 0.390 e. The molecule has 0 aromatic heterocycles. The van der Waals surface area contributed by atoms with E-state index in [1.807, 2.05) is 0 Å². The predicted octanol–water partition coefficient (Wildman–Crippen LogP) is 2.11. The van der Waals surface area contributed by atoms with Gasteiger partial charge >= 0.3 is 0 Å². The molecule has 1 N–H and O–H groups in total. The minimum atomic E-state index is -0.188. The molecule has 1 saturated heterocycles. The van der Waals surface area contributed by atoms with Crippen LogP contribution in [-0.4, -0.2) is 23.9 Å². The van der Waals surface area contributed by atoms with Crippen molar-refractivity contribution in [2.24, 2.45) is 0 Å². The summed E-state index contributed by atoms with van der Waals surface area (Å²) in [6.07, 6.45) is 7.26. The number of epoxide rings is 1. The molecule has 0 aromatic carbocycles. The number of aliphatic hydroxyl groups is 1. The van der Waals surface area contributed by atoms with Crippen molar-refractivity contribution >= 4 is 0 Å². The zero-order valence-corrected chi connectivity index (χ0v) is 7.96. The maximum absolute atomic E-state index is 9.42. The fourth-order valence-corrected chi connectivity index (χ4v) is 1.42. The average Bonchev–Trinajstić information content (AvgIpc) is 2.86. The Morgan fingerprint density at radius 2 is 2.00 bits per heavy atom. The quantitative estimate of drug-likeness (QED) is 0.471. The summed E-state index contributed by atoms with van der Waals surface area (Å²) in [7, 11) is 0. The Kier molecular flexibility index (Phi) is 4.62.